The predicted octanol–water partition coefficient (Wildman–Crippen LogP) is 3.91. The zero-order valence-electron chi connectivity index (χ0n) is 20.4. The van der Waals surface area contributed by atoms with Gasteiger partial charge >= 0.3 is 11.9 Å². The maximum Gasteiger partial charge on any atom is 0.338 e. The third kappa shape index (κ3) is 6.43. The highest BCUT2D eigenvalue weighted by Crippen LogP contribution is 2.37. The molecular formula is C25H28BrFN4O5S. The lowest BCUT2D eigenvalue weighted by molar-refractivity contribution is -0.139. The number of amidine groups is 1. The number of aliphatic carboxylic acids is 1. The molecule has 0 bridgehead atoms. The first-order valence-corrected chi connectivity index (χ1v) is 13.6. The van der Waals surface area contributed by atoms with Crippen molar-refractivity contribution in [2.75, 3.05) is 26.3 Å². The van der Waals surface area contributed by atoms with Gasteiger partial charge in [-0.05, 0) is 38.0 Å². The van der Waals surface area contributed by atoms with Crippen LogP contribution >= 0.6 is 27.3 Å². The number of hydrogen-bond acceptors (Lipinski definition) is 9. The molecule has 2 aliphatic rings. The number of hydrogen-bond donors (Lipinski definition) is 2. The van der Waals surface area contributed by atoms with Crippen LogP contribution in [0, 0.1) is 5.82 Å². The number of thiazole rings is 1. The van der Waals surface area contributed by atoms with Crippen molar-refractivity contribution in [2.45, 2.75) is 44.9 Å². The number of rotatable bonds is 9. The van der Waals surface area contributed by atoms with E-state index in [9.17, 15) is 19.1 Å². The van der Waals surface area contributed by atoms with Gasteiger partial charge in [0, 0.05) is 47.3 Å². The molecule has 1 aromatic heterocycles. The summed E-state index contributed by atoms with van der Waals surface area (Å²) < 4.78 is 25.7. The fraction of sp³-hybridized carbons (Fsp3) is 0.440. The number of halogens is 2. The number of esters is 1. The second-order valence-electron chi connectivity index (χ2n) is 8.67. The fourth-order valence-electron chi connectivity index (χ4n) is 4.58. The smallest absolute Gasteiger partial charge is 0.338 e. The Morgan fingerprint density at radius 2 is 2.22 bits per heavy atom. The minimum atomic E-state index is -0.876. The number of nitrogens with one attached hydrogen (secondary N) is 1. The van der Waals surface area contributed by atoms with E-state index in [4.69, 9.17) is 14.5 Å². The first kappa shape index (κ1) is 27.4. The van der Waals surface area contributed by atoms with Gasteiger partial charge in [0.1, 0.15) is 11.9 Å². The monoisotopic (exact) mass is 594 g/mol. The van der Waals surface area contributed by atoms with Crippen molar-refractivity contribution in [1.29, 1.82) is 0 Å². The van der Waals surface area contributed by atoms with Crippen molar-refractivity contribution in [3.63, 3.8) is 0 Å². The summed E-state index contributed by atoms with van der Waals surface area (Å²) in [5, 5.41) is 15.0. The zero-order chi connectivity index (χ0) is 26.5. The highest BCUT2D eigenvalue weighted by molar-refractivity contribution is 9.10. The summed E-state index contributed by atoms with van der Waals surface area (Å²) in [5.41, 5.74) is 1.50. The fourth-order valence-corrected chi connectivity index (χ4v) is 5.74. The van der Waals surface area contributed by atoms with E-state index in [2.05, 4.69) is 31.1 Å². The summed E-state index contributed by atoms with van der Waals surface area (Å²) in [7, 11) is 0. The van der Waals surface area contributed by atoms with Gasteiger partial charge in [-0.3, -0.25) is 14.7 Å². The first-order chi connectivity index (χ1) is 17.8. The van der Waals surface area contributed by atoms with Crippen LogP contribution in [0.2, 0.25) is 0 Å². The molecule has 12 heteroatoms. The van der Waals surface area contributed by atoms with E-state index in [0.717, 1.165) is 0 Å². The second kappa shape index (κ2) is 12.2. The molecule has 0 saturated carbocycles. The van der Waals surface area contributed by atoms with E-state index in [1.165, 1.54) is 23.5 Å². The van der Waals surface area contributed by atoms with Crippen LogP contribution in [0.25, 0.3) is 0 Å². The zero-order valence-corrected chi connectivity index (χ0v) is 22.8. The maximum atomic E-state index is 13.9. The molecule has 198 valence electrons. The van der Waals surface area contributed by atoms with Crippen molar-refractivity contribution in [3.8, 4) is 0 Å². The van der Waals surface area contributed by atoms with Crippen LogP contribution in [0.5, 0.6) is 0 Å². The maximum absolute atomic E-state index is 13.9. The van der Waals surface area contributed by atoms with Gasteiger partial charge in [-0.1, -0.05) is 22.0 Å². The van der Waals surface area contributed by atoms with E-state index in [0.29, 0.717) is 58.3 Å². The van der Waals surface area contributed by atoms with Gasteiger partial charge in [0.2, 0.25) is 0 Å². The number of nitrogens with zero attached hydrogens (tertiary/aromatic N) is 3. The molecule has 9 nitrogen and oxygen atoms in total. The Hall–Kier alpha value is -2.67. The quantitative estimate of drug-likeness (QED) is 0.420. The topological polar surface area (TPSA) is 113 Å². The standard InChI is InChI=1S/C25H28BrFN4O5S/c1-3-35-25(34)21-18(13-31-9-10-36-14(2)19(31)6-7-20(32)33)29-23(24-28-8-11-37-24)30-22(21)16-5-4-15(27)12-17(16)26/h4-5,8,11-12,14,19,22H,3,6-7,9-10,13H2,1-2H3,(H,29,30)(H,32,33)/t14-,19-,22-/m0/s1. The molecule has 0 unspecified atom stereocenters. The Balaban J connectivity index is 1.79. The number of aromatic nitrogens is 1. The van der Waals surface area contributed by atoms with Crippen LogP contribution in [0.1, 0.15) is 43.3 Å². The average molecular weight is 595 g/mol. The number of carbonyl (C=O) groups excluding carboxylic acids is 1. The number of carboxylic acids is 1. The summed E-state index contributed by atoms with van der Waals surface area (Å²) in [6.07, 6.45) is 1.89. The molecule has 1 aromatic carbocycles. The summed E-state index contributed by atoms with van der Waals surface area (Å²) in [6.45, 7) is 5.18. The summed E-state index contributed by atoms with van der Waals surface area (Å²) in [4.78, 5) is 36.0. The lowest BCUT2D eigenvalue weighted by atomic mass is 9.94. The average Bonchev–Trinajstić information content (AvgIpc) is 3.38. The third-order valence-electron chi connectivity index (χ3n) is 6.30. The van der Waals surface area contributed by atoms with Crippen LogP contribution in [-0.2, 0) is 19.1 Å². The number of ether oxygens (including phenoxy) is 2. The number of aliphatic imine (C=N–C) groups is 1. The summed E-state index contributed by atoms with van der Waals surface area (Å²) >= 11 is 4.84. The van der Waals surface area contributed by atoms with Crippen LogP contribution in [0.15, 0.2) is 50.5 Å². The molecule has 3 heterocycles. The SMILES string of the molecule is CCOC(=O)C1=C(CN2CCO[C@@H](C)[C@@H]2CCC(=O)O)NC(c2nccs2)=N[C@H]1c1ccc(F)cc1Br. The first-order valence-electron chi connectivity index (χ1n) is 12.0. The molecule has 2 aliphatic heterocycles. The Labute approximate surface area is 226 Å². The molecule has 0 amide bonds. The minimum absolute atomic E-state index is 0.00303. The Morgan fingerprint density at radius 1 is 1.41 bits per heavy atom. The summed E-state index contributed by atoms with van der Waals surface area (Å²) in [5.74, 6) is -1.34. The van der Waals surface area contributed by atoms with E-state index in [1.54, 1.807) is 19.2 Å². The molecule has 4 rings (SSSR count). The normalized spacial score (nSPS) is 22.4. The molecule has 0 radical (unpaired) electrons. The van der Waals surface area contributed by atoms with Gasteiger partial charge in [0.25, 0.3) is 0 Å². The lowest BCUT2D eigenvalue weighted by Crippen LogP contribution is -2.52. The molecular weight excluding hydrogens is 567 g/mol. The van der Waals surface area contributed by atoms with E-state index >= 15 is 0 Å². The highest BCUT2D eigenvalue weighted by atomic mass is 79.9. The van der Waals surface area contributed by atoms with Gasteiger partial charge < -0.3 is 19.9 Å². The Bertz CT molecular complexity index is 1210. The predicted molar refractivity (Wildman–Crippen MR) is 140 cm³/mol. The molecule has 0 aliphatic carbocycles. The molecule has 2 N–H and O–H groups in total. The molecule has 37 heavy (non-hydrogen) atoms. The van der Waals surface area contributed by atoms with Crippen molar-refractivity contribution >= 4 is 45.0 Å². The number of morpholine rings is 1. The van der Waals surface area contributed by atoms with Crippen molar-refractivity contribution in [2.24, 2.45) is 4.99 Å². The third-order valence-corrected chi connectivity index (χ3v) is 7.77. The number of benzene rings is 1. The summed E-state index contributed by atoms with van der Waals surface area (Å²) in [6, 6.07) is 3.32. The van der Waals surface area contributed by atoms with Crippen LogP contribution < -0.4 is 5.32 Å². The van der Waals surface area contributed by atoms with Gasteiger partial charge in [-0.25, -0.2) is 14.2 Å². The van der Waals surface area contributed by atoms with Gasteiger partial charge in [-0.2, -0.15) is 0 Å². The molecule has 1 saturated heterocycles. The van der Waals surface area contributed by atoms with Crippen LogP contribution in [0.3, 0.4) is 0 Å². The van der Waals surface area contributed by atoms with Crippen LogP contribution in [0.4, 0.5) is 4.39 Å². The molecule has 3 atom stereocenters. The largest absolute Gasteiger partial charge is 0.481 e. The highest BCUT2D eigenvalue weighted by Gasteiger charge is 2.37. The lowest BCUT2D eigenvalue weighted by Gasteiger charge is -2.41. The Kier molecular flexibility index (Phi) is 9.06. The van der Waals surface area contributed by atoms with Gasteiger partial charge in [0.15, 0.2) is 10.8 Å². The second-order valence-corrected chi connectivity index (χ2v) is 10.4. The number of carbonyl (C=O) groups is 2. The van der Waals surface area contributed by atoms with Crippen molar-refractivity contribution < 1.29 is 28.6 Å². The van der Waals surface area contributed by atoms with Crippen molar-refractivity contribution in [1.82, 2.24) is 15.2 Å². The molecule has 2 aromatic rings. The van der Waals surface area contributed by atoms with E-state index < -0.39 is 23.8 Å². The molecule has 1 fully saturated rings. The number of carboxylic acid groups (broad SMARTS) is 1. The van der Waals surface area contributed by atoms with Gasteiger partial charge in [-0.15, -0.1) is 11.3 Å². The van der Waals surface area contributed by atoms with Crippen molar-refractivity contribution in [3.05, 3.63) is 61.9 Å². The van der Waals surface area contributed by atoms with Gasteiger partial charge in [0.05, 0.1) is 24.9 Å². The van der Waals surface area contributed by atoms with E-state index in [1.807, 2.05) is 12.3 Å². The minimum Gasteiger partial charge on any atom is -0.481 e. The Morgan fingerprint density at radius 3 is 2.89 bits per heavy atom. The molecule has 0 spiro atoms. The van der Waals surface area contributed by atoms with E-state index in [-0.39, 0.29) is 25.2 Å². The van der Waals surface area contributed by atoms with Crippen LogP contribution in [-0.4, -0.2) is 71.2 Å².